The summed E-state index contributed by atoms with van der Waals surface area (Å²) in [4.78, 5) is 12.9. The Balaban J connectivity index is 1.51. The molecule has 23 heavy (non-hydrogen) atoms. The standard InChI is InChI=1S/C18H30N4S/c1-14-16(23-15(2)21-14)7-11-20-17(19-3)22-12-10-18(13-22)8-5-4-6-9-18/h4-13H2,1-3H3,(H,19,20). The number of rotatable bonds is 3. The van der Waals surface area contributed by atoms with E-state index in [2.05, 4.69) is 34.0 Å². The second-order valence-corrected chi connectivity index (χ2v) is 8.49. The Labute approximate surface area is 144 Å². The molecule has 0 bridgehead atoms. The van der Waals surface area contributed by atoms with Gasteiger partial charge in [0.1, 0.15) is 0 Å². The first-order chi connectivity index (χ1) is 11.1. The molecule has 2 fully saturated rings. The van der Waals surface area contributed by atoms with Gasteiger partial charge in [-0.3, -0.25) is 4.99 Å². The van der Waals surface area contributed by atoms with E-state index >= 15 is 0 Å². The van der Waals surface area contributed by atoms with Crippen molar-refractivity contribution in [3.05, 3.63) is 15.6 Å². The summed E-state index contributed by atoms with van der Waals surface area (Å²) in [6.45, 7) is 7.50. The van der Waals surface area contributed by atoms with Crippen LogP contribution in [-0.4, -0.2) is 42.5 Å². The maximum atomic E-state index is 4.53. The minimum Gasteiger partial charge on any atom is -0.356 e. The van der Waals surface area contributed by atoms with Gasteiger partial charge in [0.25, 0.3) is 0 Å². The fourth-order valence-corrected chi connectivity index (χ4v) is 5.19. The van der Waals surface area contributed by atoms with Crippen molar-refractivity contribution in [1.29, 1.82) is 0 Å². The van der Waals surface area contributed by atoms with E-state index in [4.69, 9.17) is 0 Å². The highest BCUT2D eigenvalue weighted by molar-refractivity contribution is 7.11. The number of guanidine groups is 1. The summed E-state index contributed by atoms with van der Waals surface area (Å²) in [7, 11) is 1.91. The fraction of sp³-hybridized carbons (Fsp3) is 0.778. The quantitative estimate of drug-likeness (QED) is 0.679. The van der Waals surface area contributed by atoms with Crippen molar-refractivity contribution < 1.29 is 0 Å². The predicted molar refractivity (Wildman–Crippen MR) is 98.4 cm³/mol. The van der Waals surface area contributed by atoms with Crippen LogP contribution in [0.4, 0.5) is 0 Å². The lowest BCUT2D eigenvalue weighted by Crippen LogP contribution is -2.42. The van der Waals surface area contributed by atoms with Gasteiger partial charge in [-0.05, 0) is 38.5 Å². The molecule has 3 rings (SSSR count). The molecule has 0 atom stereocenters. The van der Waals surface area contributed by atoms with E-state index in [0.29, 0.717) is 5.41 Å². The topological polar surface area (TPSA) is 40.5 Å². The van der Waals surface area contributed by atoms with Gasteiger partial charge < -0.3 is 10.2 Å². The van der Waals surface area contributed by atoms with Crippen molar-refractivity contribution >= 4 is 17.3 Å². The smallest absolute Gasteiger partial charge is 0.193 e. The number of likely N-dealkylation sites (tertiary alicyclic amines) is 1. The number of hydrogen-bond acceptors (Lipinski definition) is 3. The SMILES string of the molecule is CN=C(NCCc1sc(C)nc1C)N1CCC2(CCCCC2)C1. The van der Waals surface area contributed by atoms with Gasteiger partial charge in [-0.2, -0.15) is 0 Å². The van der Waals surface area contributed by atoms with Crippen molar-refractivity contribution in [2.75, 3.05) is 26.7 Å². The van der Waals surface area contributed by atoms with Crippen LogP contribution in [0.5, 0.6) is 0 Å². The van der Waals surface area contributed by atoms with E-state index in [-0.39, 0.29) is 0 Å². The molecular formula is C18H30N4S. The number of nitrogens with one attached hydrogen (secondary N) is 1. The van der Waals surface area contributed by atoms with Crippen LogP contribution in [0, 0.1) is 19.3 Å². The van der Waals surface area contributed by atoms with Gasteiger partial charge in [0.15, 0.2) is 5.96 Å². The Morgan fingerprint density at radius 3 is 2.70 bits per heavy atom. The first-order valence-electron chi connectivity index (χ1n) is 9.00. The summed E-state index contributed by atoms with van der Waals surface area (Å²) in [6.07, 6.45) is 9.49. The molecule has 128 valence electrons. The van der Waals surface area contributed by atoms with Gasteiger partial charge >= 0.3 is 0 Å². The second kappa shape index (κ2) is 7.20. The van der Waals surface area contributed by atoms with Crippen molar-refractivity contribution in [3.8, 4) is 0 Å². The summed E-state index contributed by atoms with van der Waals surface area (Å²) in [5.41, 5.74) is 1.77. The number of nitrogens with zero attached hydrogens (tertiary/aromatic N) is 3. The maximum Gasteiger partial charge on any atom is 0.193 e. The lowest BCUT2D eigenvalue weighted by molar-refractivity contribution is 0.203. The molecule has 0 unspecified atom stereocenters. The molecule has 2 aliphatic rings. The summed E-state index contributed by atoms with van der Waals surface area (Å²) in [6, 6.07) is 0. The Hall–Kier alpha value is -1.10. The minimum absolute atomic E-state index is 0.585. The summed E-state index contributed by atoms with van der Waals surface area (Å²) in [5, 5.41) is 4.74. The van der Waals surface area contributed by atoms with Crippen LogP contribution in [-0.2, 0) is 6.42 Å². The van der Waals surface area contributed by atoms with E-state index in [1.54, 1.807) is 0 Å². The second-order valence-electron chi connectivity index (χ2n) is 7.20. The Bertz CT molecular complexity index is 557. The van der Waals surface area contributed by atoms with E-state index in [0.717, 1.165) is 18.9 Å². The highest BCUT2D eigenvalue weighted by atomic mass is 32.1. The third kappa shape index (κ3) is 3.87. The number of hydrogen-bond donors (Lipinski definition) is 1. The Morgan fingerprint density at radius 2 is 2.04 bits per heavy atom. The average molecular weight is 335 g/mol. The van der Waals surface area contributed by atoms with Gasteiger partial charge in [0, 0.05) is 38.0 Å². The first-order valence-corrected chi connectivity index (χ1v) is 9.82. The molecule has 1 aromatic rings. The summed E-state index contributed by atoms with van der Waals surface area (Å²) in [5.74, 6) is 1.09. The highest BCUT2D eigenvalue weighted by Gasteiger charge is 2.39. The molecule has 1 aromatic heterocycles. The molecular weight excluding hydrogens is 304 g/mol. The van der Waals surface area contributed by atoms with Crippen LogP contribution >= 0.6 is 11.3 Å². The van der Waals surface area contributed by atoms with Crippen molar-refractivity contribution in [2.24, 2.45) is 10.4 Å². The minimum atomic E-state index is 0.585. The molecule has 0 amide bonds. The largest absolute Gasteiger partial charge is 0.356 e. The molecule has 0 aromatic carbocycles. The highest BCUT2D eigenvalue weighted by Crippen LogP contribution is 2.43. The van der Waals surface area contributed by atoms with Crippen LogP contribution in [0.1, 0.15) is 54.1 Å². The Kier molecular flexibility index (Phi) is 5.24. The molecule has 1 aliphatic heterocycles. The third-order valence-electron chi connectivity index (χ3n) is 5.50. The monoisotopic (exact) mass is 334 g/mol. The zero-order valence-electron chi connectivity index (χ0n) is 14.8. The number of thiazole rings is 1. The van der Waals surface area contributed by atoms with Gasteiger partial charge in [0.05, 0.1) is 10.7 Å². The molecule has 1 spiro atoms. The van der Waals surface area contributed by atoms with Crippen LogP contribution in [0.15, 0.2) is 4.99 Å². The number of aryl methyl sites for hydroxylation is 2. The number of aromatic nitrogens is 1. The first kappa shape index (κ1) is 16.7. The molecule has 1 aliphatic carbocycles. The van der Waals surface area contributed by atoms with Crippen LogP contribution in [0.3, 0.4) is 0 Å². The molecule has 4 nitrogen and oxygen atoms in total. The average Bonchev–Trinajstić information content (AvgIpc) is 3.08. The van der Waals surface area contributed by atoms with Crippen molar-refractivity contribution in [2.45, 2.75) is 58.8 Å². The zero-order valence-corrected chi connectivity index (χ0v) is 15.6. The fourth-order valence-electron chi connectivity index (χ4n) is 4.25. The summed E-state index contributed by atoms with van der Waals surface area (Å²) >= 11 is 1.82. The maximum absolute atomic E-state index is 4.53. The van der Waals surface area contributed by atoms with Crippen LogP contribution in [0.2, 0.25) is 0 Å². The molecule has 2 heterocycles. The van der Waals surface area contributed by atoms with Crippen LogP contribution < -0.4 is 5.32 Å². The lowest BCUT2D eigenvalue weighted by atomic mass is 9.73. The predicted octanol–water partition coefficient (Wildman–Crippen LogP) is 3.53. The Morgan fingerprint density at radius 1 is 1.26 bits per heavy atom. The molecule has 5 heteroatoms. The van der Waals surface area contributed by atoms with E-state index in [9.17, 15) is 0 Å². The third-order valence-corrected chi connectivity index (χ3v) is 6.63. The van der Waals surface area contributed by atoms with Crippen LogP contribution in [0.25, 0.3) is 0 Å². The van der Waals surface area contributed by atoms with E-state index in [1.807, 2.05) is 18.4 Å². The zero-order chi connectivity index (χ0) is 16.3. The lowest BCUT2D eigenvalue weighted by Gasteiger charge is -2.33. The normalized spacial score (nSPS) is 21.2. The van der Waals surface area contributed by atoms with Gasteiger partial charge in [-0.25, -0.2) is 4.98 Å². The molecule has 1 saturated carbocycles. The van der Waals surface area contributed by atoms with Crippen molar-refractivity contribution in [3.63, 3.8) is 0 Å². The van der Waals surface area contributed by atoms with Crippen molar-refractivity contribution in [1.82, 2.24) is 15.2 Å². The molecule has 1 saturated heterocycles. The molecule has 1 N–H and O–H groups in total. The van der Waals surface area contributed by atoms with Gasteiger partial charge in [-0.15, -0.1) is 11.3 Å². The van der Waals surface area contributed by atoms with E-state index < -0.39 is 0 Å². The van der Waals surface area contributed by atoms with E-state index in [1.165, 1.54) is 67.2 Å². The number of aliphatic imine (C=N–C) groups is 1. The summed E-state index contributed by atoms with van der Waals surface area (Å²) < 4.78 is 0. The van der Waals surface area contributed by atoms with Gasteiger partial charge in [-0.1, -0.05) is 19.3 Å². The molecule has 0 radical (unpaired) electrons. The van der Waals surface area contributed by atoms with Gasteiger partial charge in [0.2, 0.25) is 0 Å².